The van der Waals surface area contributed by atoms with Gasteiger partial charge in [-0.1, -0.05) is 6.07 Å². The maximum Gasteiger partial charge on any atom is 0.258 e. The number of carbonyl (C=O) groups excluding carboxylic acids is 2. The van der Waals surface area contributed by atoms with Crippen LogP contribution in [0.15, 0.2) is 67.4 Å². The van der Waals surface area contributed by atoms with E-state index in [1.54, 1.807) is 36.1 Å². The van der Waals surface area contributed by atoms with Gasteiger partial charge in [-0.15, -0.1) is 0 Å². The average Bonchev–Trinajstić information content (AvgIpc) is 3.44. The fourth-order valence-corrected chi connectivity index (χ4v) is 4.69. The van der Waals surface area contributed by atoms with Gasteiger partial charge >= 0.3 is 0 Å². The van der Waals surface area contributed by atoms with Crippen LogP contribution in [-0.2, 0) is 13.5 Å². The number of benzene rings is 1. The normalized spacial score (nSPS) is 16.4. The van der Waals surface area contributed by atoms with E-state index >= 15 is 0 Å². The van der Waals surface area contributed by atoms with Gasteiger partial charge in [0.2, 0.25) is 0 Å². The highest BCUT2D eigenvalue weighted by Gasteiger charge is 2.23. The Bertz CT molecular complexity index is 1320. The predicted octanol–water partition coefficient (Wildman–Crippen LogP) is 3.81. The number of amides is 2. The first-order valence-corrected chi connectivity index (χ1v) is 11.7. The zero-order chi connectivity index (χ0) is 23.5. The Morgan fingerprint density at radius 2 is 2.00 bits per heavy atom. The summed E-state index contributed by atoms with van der Waals surface area (Å²) >= 11 is 0. The highest BCUT2D eigenvalue weighted by Crippen LogP contribution is 2.24. The van der Waals surface area contributed by atoms with Gasteiger partial charge in [0.05, 0.1) is 23.0 Å². The molecule has 8 nitrogen and oxygen atoms in total. The third-order valence-corrected chi connectivity index (χ3v) is 6.48. The van der Waals surface area contributed by atoms with Crippen molar-refractivity contribution in [2.75, 3.05) is 18.4 Å². The summed E-state index contributed by atoms with van der Waals surface area (Å²) < 4.78 is 3.69. The summed E-state index contributed by atoms with van der Waals surface area (Å²) in [4.78, 5) is 32.3. The number of hydrogen-bond acceptors (Lipinski definition) is 4. The van der Waals surface area contributed by atoms with E-state index in [1.807, 2.05) is 35.6 Å². The summed E-state index contributed by atoms with van der Waals surface area (Å²) in [6.45, 7) is 1.46. The van der Waals surface area contributed by atoms with Crippen LogP contribution in [0.3, 0.4) is 0 Å². The first kappa shape index (κ1) is 21.9. The van der Waals surface area contributed by atoms with E-state index in [4.69, 9.17) is 0 Å². The van der Waals surface area contributed by atoms with Gasteiger partial charge in [0, 0.05) is 56.2 Å². The number of hydrogen-bond donors (Lipinski definition) is 1. The Labute approximate surface area is 198 Å². The minimum absolute atomic E-state index is 0.00458. The van der Waals surface area contributed by atoms with E-state index in [1.165, 1.54) is 6.20 Å². The Morgan fingerprint density at radius 3 is 2.85 bits per heavy atom. The lowest BCUT2D eigenvalue weighted by Crippen LogP contribution is -2.32. The minimum Gasteiger partial charge on any atom is -0.339 e. The molecule has 5 rings (SSSR count). The number of aromatic nitrogens is 4. The molecule has 1 atom stereocenters. The molecule has 1 aliphatic rings. The molecule has 0 aliphatic carbocycles. The number of fused-ring (bicyclic) bond motifs is 1. The van der Waals surface area contributed by atoms with E-state index in [0.717, 1.165) is 50.0 Å². The quantitative estimate of drug-likeness (QED) is 0.495. The molecule has 1 aromatic carbocycles. The smallest absolute Gasteiger partial charge is 0.258 e. The van der Waals surface area contributed by atoms with Gasteiger partial charge in [0.15, 0.2) is 0 Å². The van der Waals surface area contributed by atoms with E-state index in [2.05, 4.69) is 25.9 Å². The topological polar surface area (TPSA) is 84.5 Å². The standard InChI is InChI=1S/C26H28N6O2/c1-30-18-21(17-28-30)25(33)29-22-7-2-6-20(16-22)26(34)32-12-3-5-19(9-13-32)15-23-24-8-4-11-31(24)14-10-27-23/h2,4,6-8,10-11,14,16-19H,3,5,9,12-13,15H2,1H3,(H,29,33)/t19-/m1/s1. The highest BCUT2D eigenvalue weighted by atomic mass is 16.2. The van der Waals surface area contributed by atoms with Crippen LogP contribution in [0.25, 0.3) is 5.52 Å². The molecule has 1 N–H and O–H groups in total. The first-order valence-electron chi connectivity index (χ1n) is 11.7. The molecule has 4 heterocycles. The monoisotopic (exact) mass is 456 g/mol. The van der Waals surface area contributed by atoms with Crippen LogP contribution in [0.2, 0.25) is 0 Å². The van der Waals surface area contributed by atoms with Crippen molar-refractivity contribution in [2.24, 2.45) is 13.0 Å². The number of aryl methyl sites for hydroxylation is 1. The lowest BCUT2D eigenvalue weighted by molar-refractivity contribution is 0.0759. The van der Waals surface area contributed by atoms with E-state index in [0.29, 0.717) is 22.7 Å². The second-order valence-corrected chi connectivity index (χ2v) is 8.91. The van der Waals surface area contributed by atoms with Gasteiger partial charge in [0.1, 0.15) is 0 Å². The van der Waals surface area contributed by atoms with Crippen LogP contribution < -0.4 is 5.32 Å². The summed E-state index contributed by atoms with van der Waals surface area (Å²) in [6.07, 6.45) is 13.0. The maximum atomic E-state index is 13.3. The van der Waals surface area contributed by atoms with Crippen molar-refractivity contribution in [3.63, 3.8) is 0 Å². The SMILES string of the molecule is Cn1cc(C(=O)Nc2cccc(C(=O)N3CCC[C@@H](Cc4nccn5cccc45)CC3)c2)cn1. The van der Waals surface area contributed by atoms with Crippen LogP contribution in [0, 0.1) is 5.92 Å². The predicted molar refractivity (Wildman–Crippen MR) is 130 cm³/mol. The molecule has 4 aromatic rings. The van der Waals surface area contributed by atoms with Gasteiger partial charge in [-0.25, -0.2) is 0 Å². The molecular formula is C26H28N6O2. The molecular weight excluding hydrogens is 428 g/mol. The lowest BCUT2D eigenvalue weighted by Gasteiger charge is -2.21. The van der Waals surface area contributed by atoms with Crippen LogP contribution >= 0.6 is 0 Å². The van der Waals surface area contributed by atoms with Crippen molar-refractivity contribution in [2.45, 2.75) is 25.7 Å². The molecule has 1 aliphatic heterocycles. The molecule has 3 aromatic heterocycles. The molecule has 0 saturated carbocycles. The van der Waals surface area contributed by atoms with Gasteiger partial charge in [-0.05, 0) is 61.9 Å². The van der Waals surface area contributed by atoms with E-state index < -0.39 is 0 Å². The molecule has 0 radical (unpaired) electrons. The van der Waals surface area contributed by atoms with Gasteiger partial charge in [-0.3, -0.25) is 19.3 Å². The number of nitrogens with one attached hydrogen (secondary N) is 1. The Morgan fingerprint density at radius 1 is 1.09 bits per heavy atom. The number of rotatable bonds is 5. The van der Waals surface area contributed by atoms with E-state index in [9.17, 15) is 9.59 Å². The number of anilines is 1. The molecule has 34 heavy (non-hydrogen) atoms. The summed E-state index contributed by atoms with van der Waals surface area (Å²) in [5, 5.41) is 6.89. The van der Waals surface area contributed by atoms with Crippen molar-refractivity contribution in [1.29, 1.82) is 0 Å². The minimum atomic E-state index is -0.248. The Balaban J connectivity index is 1.22. The summed E-state index contributed by atoms with van der Waals surface area (Å²) in [7, 11) is 1.76. The second kappa shape index (κ2) is 9.51. The lowest BCUT2D eigenvalue weighted by atomic mass is 9.95. The molecule has 0 unspecified atom stereocenters. The summed E-state index contributed by atoms with van der Waals surface area (Å²) in [5.41, 5.74) is 3.93. The summed E-state index contributed by atoms with van der Waals surface area (Å²) in [6, 6.07) is 11.3. The fraction of sp³-hybridized carbons (Fsp3) is 0.308. The van der Waals surface area contributed by atoms with Crippen molar-refractivity contribution < 1.29 is 9.59 Å². The summed E-state index contributed by atoms with van der Waals surface area (Å²) in [5.74, 6) is 0.253. The van der Waals surface area contributed by atoms with Crippen LogP contribution in [0.1, 0.15) is 45.7 Å². The Hall–Kier alpha value is -3.94. The number of nitrogens with zero attached hydrogens (tertiary/aromatic N) is 5. The Kier molecular flexibility index (Phi) is 6.12. The van der Waals surface area contributed by atoms with Crippen molar-refractivity contribution >= 4 is 23.0 Å². The maximum absolute atomic E-state index is 13.3. The van der Waals surface area contributed by atoms with Gasteiger partial charge in [-0.2, -0.15) is 5.10 Å². The molecule has 1 saturated heterocycles. The van der Waals surface area contributed by atoms with Crippen LogP contribution in [-0.4, -0.2) is 49.0 Å². The number of carbonyl (C=O) groups is 2. The largest absolute Gasteiger partial charge is 0.339 e. The van der Waals surface area contributed by atoms with Crippen LogP contribution in [0.4, 0.5) is 5.69 Å². The zero-order valence-electron chi connectivity index (χ0n) is 19.2. The average molecular weight is 457 g/mol. The van der Waals surface area contributed by atoms with Gasteiger partial charge < -0.3 is 14.6 Å². The fourth-order valence-electron chi connectivity index (χ4n) is 4.69. The third kappa shape index (κ3) is 4.71. The molecule has 8 heteroatoms. The van der Waals surface area contributed by atoms with E-state index in [-0.39, 0.29) is 11.8 Å². The third-order valence-electron chi connectivity index (χ3n) is 6.48. The molecule has 0 bridgehead atoms. The number of likely N-dealkylation sites (tertiary alicyclic amines) is 1. The zero-order valence-corrected chi connectivity index (χ0v) is 19.2. The molecule has 174 valence electrons. The highest BCUT2D eigenvalue weighted by molar-refractivity contribution is 6.04. The first-order chi connectivity index (χ1) is 16.6. The molecule has 1 fully saturated rings. The molecule has 0 spiro atoms. The van der Waals surface area contributed by atoms with Crippen LogP contribution in [0.5, 0.6) is 0 Å². The second-order valence-electron chi connectivity index (χ2n) is 8.91. The molecule has 2 amide bonds. The van der Waals surface area contributed by atoms with Crippen molar-refractivity contribution in [3.8, 4) is 0 Å². The van der Waals surface area contributed by atoms with Crippen molar-refractivity contribution in [3.05, 3.63) is 84.2 Å². The van der Waals surface area contributed by atoms with Gasteiger partial charge in [0.25, 0.3) is 11.8 Å². The van der Waals surface area contributed by atoms with Crippen molar-refractivity contribution in [1.82, 2.24) is 24.1 Å².